The molecule has 0 aliphatic carbocycles. The highest BCUT2D eigenvalue weighted by Crippen LogP contribution is 2.29. The van der Waals surface area contributed by atoms with Crippen LogP contribution in [0.1, 0.15) is 32.4 Å². The summed E-state index contributed by atoms with van der Waals surface area (Å²) in [6.07, 6.45) is 1.73. The number of hydrogen-bond donors (Lipinski definition) is 1. The van der Waals surface area contributed by atoms with Crippen LogP contribution in [0.5, 0.6) is 0 Å². The fourth-order valence-electron chi connectivity index (χ4n) is 1.07. The van der Waals surface area contributed by atoms with Gasteiger partial charge in [0, 0.05) is 12.2 Å². The number of rotatable bonds is 1. The molecule has 1 heterocycles. The van der Waals surface area contributed by atoms with E-state index in [1.165, 1.54) is 0 Å². The van der Waals surface area contributed by atoms with E-state index in [9.17, 15) is 0 Å². The smallest absolute Gasteiger partial charge is 0.129 e. The predicted molar refractivity (Wildman–Crippen MR) is 55.6 cm³/mol. The molecule has 3 heteroatoms. The molecular weight excluding hydrogens is 184 g/mol. The number of halogens is 1. The van der Waals surface area contributed by atoms with Gasteiger partial charge < -0.3 is 5.73 Å². The van der Waals surface area contributed by atoms with E-state index in [0.717, 1.165) is 5.56 Å². The largest absolute Gasteiger partial charge is 0.323 e. The fourth-order valence-corrected chi connectivity index (χ4v) is 1.18. The van der Waals surface area contributed by atoms with Gasteiger partial charge in [-0.15, -0.1) is 0 Å². The molecule has 0 aromatic carbocycles. The SMILES string of the molecule is CC(C)(C)C(N)c1ccc(Cl)nc1. The zero-order chi connectivity index (χ0) is 10.1. The molecule has 1 aromatic rings. The molecule has 0 spiro atoms. The molecule has 2 nitrogen and oxygen atoms in total. The first-order valence-corrected chi connectivity index (χ1v) is 4.66. The van der Waals surface area contributed by atoms with E-state index in [1.54, 1.807) is 12.3 Å². The van der Waals surface area contributed by atoms with E-state index in [4.69, 9.17) is 17.3 Å². The quantitative estimate of drug-likeness (QED) is 0.705. The Hall–Kier alpha value is -0.600. The molecule has 1 unspecified atom stereocenters. The van der Waals surface area contributed by atoms with Crippen LogP contribution in [0.2, 0.25) is 5.15 Å². The lowest BCUT2D eigenvalue weighted by atomic mass is 9.84. The van der Waals surface area contributed by atoms with Crippen molar-refractivity contribution in [2.24, 2.45) is 11.1 Å². The average Bonchev–Trinajstić information content (AvgIpc) is 2.03. The predicted octanol–water partition coefficient (Wildman–Crippen LogP) is 2.78. The number of aromatic nitrogens is 1. The summed E-state index contributed by atoms with van der Waals surface area (Å²) in [5, 5.41) is 0.504. The zero-order valence-corrected chi connectivity index (χ0v) is 8.97. The van der Waals surface area contributed by atoms with Crippen molar-refractivity contribution < 1.29 is 0 Å². The monoisotopic (exact) mass is 198 g/mol. The summed E-state index contributed by atoms with van der Waals surface area (Å²) in [5.74, 6) is 0. The van der Waals surface area contributed by atoms with Crippen molar-refractivity contribution in [3.8, 4) is 0 Å². The first-order valence-electron chi connectivity index (χ1n) is 4.28. The topological polar surface area (TPSA) is 38.9 Å². The Bertz CT molecular complexity index is 274. The Kier molecular flexibility index (Phi) is 2.94. The van der Waals surface area contributed by atoms with Crippen molar-refractivity contribution in [1.82, 2.24) is 4.98 Å². The molecule has 1 rings (SSSR count). The average molecular weight is 199 g/mol. The maximum absolute atomic E-state index is 6.04. The molecule has 0 aliphatic heterocycles. The summed E-state index contributed by atoms with van der Waals surface area (Å²) in [5.41, 5.74) is 7.12. The van der Waals surface area contributed by atoms with Gasteiger partial charge in [-0.25, -0.2) is 4.98 Å². The second kappa shape index (κ2) is 3.64. The van der Waals surface area contributed by atoms with E-state index in [-0.39, 0.29) is 11.5 Å². The van der Waals surface area contributed by atoms with Crippen LogP contribution in [0.3, 0.4) is 0 Å². The van der Waals surface area contributed by atoms with Crippen LogP contribution < -0.4 is 5.73 Å². The summed E-state index contributed by atoms with van der Waals surface area (Å²) in [6.45, 7) is 6.31. The minimum atomic E-state index is -0.00253. The number of nitrogens with zero attached hydrogens (tertiary/aromatic N) is 1. The van der Waals surface area contributed by atoms with Crippen LogP contribution in [0.25, 0.3) is 0 Å². The van der Waals surface area contributed by atoms with Crippen molar-refractivity contribution >= 4 is 11.6 Å². The molecule has 13 heavy (non-hydrogen) atoms. The van der Waals surface area contributed by atoms with Gasteiger partial charge in [0.15, 0.2) is 0 Å². The minimum Gasteiger partial charge on any atom is -0.323 e. The Morgan fingerprint density at radius 1 is 1.38 bits per heavy atom. The molecule has 1 atom stereocenters. The standard InChI is InChI=1S/C10H15ClN2/c1-10(2,3)9(12)7-4-5-8(11)13-6-7/h4-6,9H,12H2,1-3H3. The molecule has 0 aliphatic rings. The van der Waals surface area contributed by atoms with Crippen molar-refractivity contribution in [2.75, 3.05) is 0 Å². The lowest BCUT2D eigenvalue weighted by Crippen LogP contribution is -2.26. The van der Waals surface area contributed by atoms with Crippen LogP contribution in [0, 0.1) is 5.41 Å². The molecule has 0 fully saturated rings. The summed E-state index contributed by atoms with van der Waals surface area (Å²) >= 11 is 5.68. The molecule has 72 valence electrons. The van der Waals surface area contributed by atoms with Crippen LogP contribution >= 0.6 is 11.6 Å². The van der Waals surface area contributed by atoms with Crippen molar-refractivity contribution in [2.45, 2.75) is 26.8 Å². The van der Waals surface area contributed by atoms with E-state index in [2.05, 4.69) is 25.8 Å². The highest BCUT2D eigenvalue weighted by Gasteiger charge is 2.22. The van der Waals surface area contributed by atoms with Gasteiger partial charge >= 0.3 is 0 Å². The Morgan fingerprint density at radius 2 is 2.00 bits per heavy atom. The maximum atomic E-state index is 6.04. The molecular formula is C10H15ClN2. The van der Waals surface area contributed by atoms with Gasteiger partial charge in [-0.2, -0.15) is 0 Å². The van der Waals surface area contributed by atoms with Gasteiger partial charge in [0.05, 0.1) is 0 Å². The molecule has 0 saturated carbocycles. The third kappa shape index (κ3) is 2.68. The second-order valence-corrected chi connectivity index (χ2v) is 4.65. The summed E-state index contributed by atoms with van der Waals surface area (Å²) in [7, 11) is 0. The van der Waals surface area contributed by atoms with Crippen LogP contribution in [0.4, 0.5) is 0 Å². The first-order chi connectivity index (χ1) is 5.91. The Labute approximate surface area is 84.1 Å². The number of hydrogen-bond acceptors (Lipinski definition) is 2. The van der Waals surface area contributed by atoms with E-state index in [0.29, 0.717) is 5.15 Å². The van der Waals surface area contributed by atoms with E-state index in [1.807, 2.05) is 6.07 Å². The van der Waals surface area contributed by atoms with Gasteiger partial charge in [-0.3, -0.25) is 0 Å². The Balaban J connectivity index is 2.90. The second-order valence-electron chi connectivity index (χ2n) is 4.26. The van der Waals surface area contributed by atoms with Crippen molar-refractivity contribution in [3.63, 3.8) is 0 Å². The van der Waals surface area contributed by atoms with Crippen molar-refractivity contribution in [3.05, 3.63) is 29.0 Å². The van der Waals surface area contributed by atoms with Crippen LogP contribution in [0.15, 0.2) is 18.3 Å². The van der Waals surface area contributed by atoms with Gasteiger partial charge in [0.25, 0.3) is 0 Å². The normalized spacial score (nSPS) is 14.2. The van der Waals surface area contributed by atoms with Gasteiger partial charge in [-0.05, 0) is 17.0 Å². The molecule has 0 radical (unpaired) electrons. The highest BCUT2D eigenvalue weighted by atomic mass is 35.5. The Morgan fingerprint density at radius 3 is 2.38 bits per heavy atom. The van der Waals surface area contributed by atoms with Gasteiger partial charge in [0.1, 0.15) is 5.15 Å². The summed E-state index contributed by atoms with van der Waals surface area (Å²) in [4.78, 5) is 4.00. The highest BCUT2D eigenvalue weighted by molar-refractivity contribution is 6.29. The summed E-state index contributed by atoms with van der Waals surface area (Å²) < 4.78 is 0. The van der Waals surface area contributed by atoms with Crippen molar-refractivity contribution in [1.29, 1.82) is 0 Å². The first kappa shape index (κ1) is 10.5. The number of pyridine rings is 1. The van der Waals surface area contributed by atoms with Gasteiger partial charge in [-0.1, -0.05) is 38.4 Å². The number of nitrogens with two attached hydrogens (primary N) is 1. The van der Waals surface area contributed by atoms with Gasteiger partial charge in [0.2, 0.25) is 0 Å². The molecule has 0 saturated heterocycles. The zero-order valence-electron chi connectivity index (χ0n) is 8.21. The lowest BCUT2D eigenvalue weighted by Gasteiger charge is -2.26. The fraction of sp³-hybridized carbons (Fsp3) is 0.500. The lowest BCUT2D eigenvalue weighted by molar-refractivity contribution is 0.326. The van der Waals surface area contributed by atoms with Crippen LogP contribution in [-0.4, -0.2) is 4.98 Å². The third-order valence-corrected chi connectivity index (χ3v) is 2.27. The van der Waals surface area contributed by atoms with E-state index >= 15 is 0 Å². The van der Waals surface area contributed by atoms with E-state index < -0.39 is 0 Å². The molecule has 0 bridgehead atoms. The minimum absolute atomic E-state index is 0.00253. The third-order valence-electron chi connectivity index (χ3n) is 2.04. The molecule has 2 N–H and O–H groups in total. The summed E-state index contributed by atoms with van der Waals surface area (Å²) in [6, 6.07) is 3.69. The van der Waals surface area contributed by atoms with Crippen LogP contribution in [-0.2, 0) is 0 Å². The molecule has 1 aromatic heterocycles. The maximum Gasteiger partial charge on any atom is 0.129 e. The molecule has 0 amide bonds.